The number of fused-ring (bicyclic) bond motifs is 2. The van der Waals surface area contributed by atoms with Gasteiger partial charge in [0.25, 0.3) is 0 Å². The van der Waals surface area contributed by atoms with Crippen LogP contribution in [0.5, 0.6) is 0 Å². The molecule has 0 aliphatic carbocycles. The number of nitrogens with zero attached hydrogens (tertiary/aromatic N) is 3. The van der Waals surface area contributed by atoms with Crippen LogP contribution in [-0.4, -0.2) is 15.0 Å². The van der Waals surface area contributed by atoms with Crippen LogP contribution < -0.4 is 0 Å². The summed E-state index contributed by atoms with van der Waals surface area (Å²) in [6, 6.07) is 70.5. The number of pyridine rings is 3. The molecule has 12 aromatic rings. The molecule has 0 fully saturated rings. The maximum absolute atomic E-state index is 4.08. The van der Waals surface area contributed by atoms with E-state index in [1.807, 2.05) is 88.1 Å². The molecule has 0 spiro atoms. The Morgan fingerprint density at radius 1 is 0.241 bits per heavy atom. The Bertz CT molecular complexity index is 3590. The molecule has 12 rings (SSSR count). The van der Waals surface area contributed by atoms with Crippen LogP contribution >= 0.6 is 11.3 Å². The molecule has 4 aromatic heterocycles. The monoisotopic (exact) mass is 1170 g/mol. The first-order chi connectivity index (χ1) is 41.3. The molecular weight excluding hydrogens is 1070 g/mol. The Morgan fingerprint density at radius 3 is 0.920 bits per heavy atom. The summed E-state index contributed by atoms with van der Waals surface area (Å²) >= 11 is 1.84. The van der Waals surface area contributed by atoms with E-state index in [9.17, 15) is 0 Å². The van der Waals surface area contributed by atoms with Crippen molar-refractivity contribution in [3.8, 4) is 11.1 Å². The summed E-state index contributed by atoms with van der Waals surface area (Å²) in [6.45, 7) is 42.1. The van der Waals surface area contributed by atoms with Gasteiger partial charge in [0.05, 0.1) is 0 Å². The summed E-state index contributed by atoms with van der Waals surface area (Å²) in [7, 11) is 0. The van der Waals surface area contributed by atoms with Gasteiger partial charge in [-0.25, -0.2) is 0 Å². The molecule has 8 aromatic carbocycles. The summed E-state index contributed by atoms with van der Waals surface area (Å²) in [5, 5.41) is 5.41. The fraction of sp³-hybridized carbons (Fsp3) is 0.241. The molecule has 450 valence electrons. The SMILES string of the molecule is Cc1cc(C)c(C)cc1C.Cc1cc(C)cc(-c2ccncc2)c1.Cc1ccc(C)c2ccccc12.Cc1ccc(C)cc1.Cc1ccc(C)nc1.Cc1ccc(C)nc1.Cc1ccc(C)s1.Cc1ccc2cc(C)ccc2c1.Cc1cccc(C)c1. The van der Waals surface area contributed by atoms with Gasteiger partial charge in [-0.1, -0.05) is 208 Å². The van der Waals surface area contributed by atoms with E-state index in [1.165, 1.54) is 131 Å². The van der Waals surface area contributed by atoms with Gasteiger partial charge in [0.15, 0.2) is 0 Å². The highest BCUT2D eigenvalue weighted by molar-refractivity contribution is 7.11. The van der Waals surface area contributed by atoms with Gasteiger partial charge in [-0.15, -0.1) is 11.3 Å². The number of hydrogen-bond acceptors (Lipinski definition) is 4. The summed E-state index contributed by atoms with van der Waals surface area (Å²) in [4.78, 5) is 15.0. The lowest BCUT2D eigenvalue weighted by atomic mass is 10.0. The van der Waals surface area contributed by atoms with Crippen LogP contribution in [-0.2, 0) is 0 Å². The third-order valence-corrected chi connectivity index (χ3v) is 15.2. The van der Waals surface area contributed by atoms with E-state index in [0.29, 0.717) is 0 Å². The first-order valence-electron chi connectivity index (χ1n) is 30.2. The zero-order valence-electron chi connectivity index (χ0n) is 56.1. The zero-order valence-corrected chi connectivity index (χ0v) is 56.9. The largest absolute Gasteiger partial charge is 0.265 e. The molecule has 87 heavy (non-hydrogen) atoms. The minimum Gasteiger partial charge on any atom is -0.265 e. The summed E-state index contributed by atoms with van der Waals surface area (Å²) in [6.07, 6.45) is 7.39. The van der Waals surface area contributed by atoms with E-state index in [0.717, 1.165) is 11.4 Å². The Morgan fingerprint density at radius 2 is 0.598 bits per heavy atom. The summed E-state index contributed by atoms with van der Waals surface area (Å²) in [5.74, 6) is 0. The van der Waals surface area contributed by atoms with Crippen LogP contribution in [0.25, 0.3) is 32.7 Å². The van der Waals surface area contributed by atoms with Crippen LogP contribution in [0, 0.1) is 138 Å². The standard InChI is InChI=1S/C13H13N.2C12H12.C10H14.2C8H10.2C7H9N.C6H8S/c1-10-7-11(2)9-13(8-10)12-3-5-14-6-4-12;1-9-3-5-12-8-10(2)4-6-11(12)7-9;1-9-7-8-10(2)12-6-4-3-5-11(9)12;1-7-5-9(3)10(4)6-8(7)2;1-7-3-5-8(2)6-4-7;1-7-4-3-5-8(2)6-7;2*1-6-3-4-7(2)8-5-6;1-5-3-4-6(2)7-5/h3-9H,1-2H3;2*3-8H,1-2H3;5-6H,1-4H3;2*3-6H,1-2H3;2*3-5H,1-2H3;3-4H,1-2H3. The number of aromatic nitrogens is 3. The molecule has 0 aliphatic rings. The van der Waals surface area contributed by atoms with Crippen molar-refractivity contribution in [2.45, 2.75) is 138 Å². The highest BCUT2D eigenvalue weighted by Gasteiger charge is 2.00. The highest BCUT2D eigenvalue weighted by Crippen LogP contribution is 2.23. The Labute approximate surface area is 529 Å². The zero-order chi connectivity index (χ0) is 64.0. The maximum Gasteiger partial charge on any atom is 0.0372 e. The molecular formula is C83H97N3S. The van der Waals surface area contributed by atoms with Crippen LogP contribution in [0.2, 0.25) is 0 Å². The van der Waals surface area contributed by atoms with E-state index in [-0.39, 0.29) is 0 Å². The molecule has 0 N–H and O–H groups in total. The van der Waals surface area contributed by atoms with E-state index in [1.54, 1.807) is 0 Å². The van der Waals surface area contributed by atoms with E-state index >= 15 is 0 Å². The van der Waals surface area contributed by atoms with Crippen molar-refractivity contribution in [1.29, 1.82) is 0 Å². The number of rotatable bonds is 1. The number of aryl methyl sites for hydroxylation is 20. The van der Waals surface area contributed by atoms with Gasteiger partial charge in [-0.2, -0.15) is 0 Å². The van der Waals surface area contributed by atoms with Crippen LogP contribution in [0.3, 0.4) is 0 Å². The molecule has 0 radical (unpaired) electrons. The van der Waals surface area contributed by atoms with Crippen LogP contribution in [0.1, 0.15) is 110 Å². The normalized spacial score (nSPS) is 9.84. The van der Waals surface area contributed by atoms with Crippen molar-refractivity contribution in [2.75, 3.05) is 0 Å². The topological polar surface area (TPSA) is 38.7 Å². The molecule has 0 unspecified atom stereocenters. The quantitative estimate of drug-likeness (QED) is 0.164. The van der Waals surface area contributed by atoms with Gasteiger partial charge in [0.2, 0.25) is 0 Å². The number of thiophene rings is 1. The molecule has 4 heteroatoms. The average Bonchev–Trinajstić information content (AvgIpc) is 2.67. The second-order valence-corrected chi connectivity index (χ2v) is 24.6. The van der Waals surface area contributed by atoms with E-state index < -0.39 is 0 Å². The van der Waals surface area contributed by atoms with Gasteiger partial charge < -0.3 is 0 Å². The van der Waals surface area contributed by atoms with Crippen molar-refractivity contribution in [1.82, 2.24) is 15.0 Å². The average molecular weight is 1170 g/mol. The second-order valence-electron chi connectivity index (χ2n) is 23.2. The van der Waals surface area contributed by atoms with Gasteiger partial charge in [-0.3, -0.25) is 15.0 Å². The number of hydrogen-bond donors (Lipinski definition) is 0. The molecule has 0 saturated carbocycles. The molecule has 3 nitrogen and oxygen atoms in total. The van der Waals surface area contributed by atoms with Gasteiger partial charge in [-0.05, 0) is 252 Å². The Kier molecular flexibility index (Phi) is 30.2. The molecule has 0 amide bonds. The van der Waals surface area contributed by atoms with Crippen LogP contribution in [0.4, 0.5) is 0 Å². The maximum atomic E-state index is 4.08. The van der Waals surface area contributed by atoms with Crippen molar-refractivity contribution < 1.29 is 0 Å². The lowest BCUT2D eigenvalue weighted by Gasteiger charge is -2.04. The summed E-state index contributed by atoms with van der Waals surface area (Å²) in [5.41, 5.74) is 26.0. The third-order valence-electron chi connectivity index (χ3n) is 14.2. The predicted octanol–water partition coefficient (Wildman–Crippen LogP) is 23.6. The minimum absolute atomic E-state index is 1.08. The predicted molar refractivity (Wildman–Crippen MR) is 384 cm³/mol. The van der Waals surface area contributed by atoms with Crippen molar-refractivity contribution in [2.24, 2.45) is 0 Å². The van der Waals surface area contributed by atoms with Crippen molar-refractivity contribution >= 4 is 32.9 Å². The van der Waals surface area contributed by atoms with Crippen LogP contribution in [0.15, 0.2) is 225 Å². The number of benzene rings is 8. The fourth-order valence-electron chi connectivity index (χ4n) is 8.96. The van der Waals surface area contributed by atoms with Crippen molar-refractivity contribution in [3.63, 3.8) is 0 Å². The minimum atomic E-state index is 1.08. The fourth-order valence-corrected chi connectivity index (χ4v) is 9.74. The molecule has 0 saturated heterocycles. The van der Waals surface area contributed by atoms with Crippen molar-refractivity contribution in [3.05, 3.63) is 335 Å². The molecule has 0 aliphatic heterocycles. The van der Waals surface area contributed by atoms with E-state index in [4.69, 9.17) is 0 Å². The smallest absolute Gasteiger partial charge is 0.0372 e. The molecule has 4 heterocycles. The van der Waals surface area contributed by atoms with Gasteiger partial charge in [0.1, 0.15) is 0 Å². The summed E-state index contributed by atoms with van der Waals surface area (Å²) < 4.78 is 0. The molecule has 0 atom stereocenters. The third kappa shape index (κ3) is 27.6. The highest BCUT2D eigenvalue weighted by atomic mass is 32.1. The molecule has 0 bridgehead atoms. The first kappa shape index (κ1) is 70.9. The lowest BCUT2D eigenvalue weighted by molar-refractivity contribution is 1.17. The lowest BCUT2D eigenvalue weighted by Crippen LogP contribution is -1.86. The van der Waals surface area contributed by atoms with E-state index in [2.05, 4.69) is 302 Å². The second kappa shape index (κ2) is 37.1. The first-order valence-corrected chi connectivity index (χ1v) is 31.0. The van der Waals surface area contributed by atoms with Gasteiger partial charge in [0, 0.05) is 45.9 Å². The Balaban J connectivity index is 0.000000211. The van der Waals surface area contributed by atoms with Gasteiger partial charge >= 0.3 is 0 Å². The Hall–Kier alpha value is -8.57.